The summed E-state index contributed by atoms with van der Waals surface area (Å²) in [6.45, 7) is 3.48. The molecule has 0 saturated heterocycles. The average Bonchev–Trinajstić information content (AvgIpc) is 3.03. The van der Waals surface area contributed by atoms with E-state index in [1.54, 1.807) is 13.8 Å². The smallest absolute Gasteiger partial charge is 0.310 e. The summed E-state index contributed by atoms with van der Waals surface area (Å²) in [6, 6.07) is 7.79. The third kappa shape index (κ3) is 2.46. The van der Waals surface area contributed by atoms with Gasteiger partial charge in [0.1, 0.15) is 5.75 Å². The number of nitrogens with zero attached hydrogens (tertiary/aromatic N) is 4. The van der Waals surface area contributed by atoms with Crippen LogP contribution in [-0.2, 0) is 17.8 Å². The summed E-state index contributed by atoms with van der Waals surface area (Å²) >= 11 is 0. The molecule has 2 aromatic rings. The first-order valence-corrected chi connectivity index (χ1v) is 6.71. The number of carbonyl (C=O) groups is 1. The zero-order valence-electron chi connectivity index (χ0n) is 11.9. The monoisotopic (exact) mass is 288 g/mol. The quantitative estimate of drug-likeness (QED) is 0.916. The maximum atomic E-state index is 11.2. The molecular weight excluding hydrogens is 272 g/mol. The Balaban J connectivity index is 1.83. The van der Waals surface area contributed by atoms with Gasteiger partial charge in [0.2, 0.25) is 0 Å². The highest BCUT2D eigenvalue weighted by molar-refractivity contribution is 5.73. The molecule has 21 heavy (non-hydrogen) atoms. The van der Waals surface area contributed by atoms with Crippen LogP contribution in [-0.4, -0.2) is 31.3 Å². The largest absolute Gasteiger partial charge is 0.482 e. The van der Waals surface area contributed by atoms with Crippen LogP contribution in [0.3, 0.4) is 0 Å². The molecule has 1 aromatic carbocycles. The second-order valence-electron chi connectivity index (χ2n) is 5.80. The van der Waals surface area contributed by atoms with Gasteiger partial charge in [-0.3, -0.25) is 4.79 Å². The molecule has 0 fully saturated rings. The molecule has 7 heteroatoms. The van der Waals surface area contributed by atoms with Gasteiger partial charge in [0.25, 0.3) is 0 Å². The van der Waals surface area contributed by atoms with Crippen molar-refractivity contribution in [1.82, 2.24) is 20.2 Å². The molecule has 2 heterocycles. The molecule has 7 nitrogen and oxygen atoms in total. The van der Waals surface area contributed by atoms with Crippen LogP contribution in [0, 0.1) is 5.41 Å². The Morgan fingerprint density at radius 3 is 2.95 bits per heavy atom. The fraction of sp³-hybridized carbons (Fsp3) is 0.429. The number of aliphatic carboxylic acids is 1. The Kier molecular flexibility index (Phi) is 3.12. The van der Waals surface area contributed by atoms with Crippen molar-refractivity contribution in [2.45, 2.75) is 32.9 Å². The number of ether oxygens (including phenoxy) is 1. The number of hydrogen-bond donors (Lipinski definition) is 1. The van der Waals surface area contributed by atoms with Gasteiger partial charge in [0.15, 0.2) is 11.9 Å². The normalized spacial score (nSPS) is 17.3. The molecule has 1 unspecified atom stereocenters. The van der Waals surface area contributed by atoms with Crippen molar-refractivity contribution in [3.8, 4) is 5.75 Å². The summed E-state index contributed by atoms with van der Waals surface area (Å²) in [5.74, 6) is 0.495. The first-order chi connectivity index (χ1) is 9.97. The van der Waals surface area contributed by atoms with Crippen LogP contribution < -0.4 is 4.74 Å². The van der Waals surface area contributed by atoms with Crippen molar-refractivity contribution in [2.24, 2.45) is 5.41 Å². The van der Waals surface area contributed by atoms with Gasteiger partial charge in [0.05, 0.1) is 12.0 Å². The van der Waals surface area contributed by atoms with Gasteiger partial charge in [-0.25, -0.2) is 4.68 Å². The lowest BCUT2D eigenvalue weighted by atomic mass is 9.94. The number of aromatic nitrogens is 4. The molecule has 3 rings (SSSR count). The van der Waals surface area contributed by atoms with Crippen LogP contribution in [0.5, 0.6) is 5.75 Å². The van der Waals surface area contributed by atoms with Gasteiger partial charge >= 0.3 is 5.97 Å². The third-order valence-electron chi connectivity index (χ3n) is 3.62. The molecule has 0 amide bonds. The number of carboxylic acid groups (broad SMARTS) is 1. The molecular formula is C14H16N4O3. The maximum absolute atomic E-state index is 11.2. The van der Waals surface area contributed by atoms with Crippen molar-refractivity contribution in [3.63, 3.8) is 0 Å². The molecule has 0 saturated carbocycles. The van der Waals surface area contributed by atoms with Crippen LogP contribution in [0.15, 0.2) is 24.3 Å². The van der Waals surface area contributed by atoms with Gasteiger partial charge < -0.3 is 9.84 Å². The fourth-order valence-electron chi connectivity index (χ4n) is 2.32. The molecule has 0 aliphatic carbocycles. The molecule has 1 aliphatic heterocycles. The Bertz CT molecular complexity index is 655. The maximum Gasteiger partial charge on any atom is 0.310 e. The SMILES string of the molecule is CC(C)(Cn1nnnc1C1Cc2ccccc2O1)C(=O)O. The number of carboxylic acids is 1. The van der Waals surface area contributed by atoms with E-state index in [9.17, 15) is 9.90 Å². The van der Waals surface area contributed by atoms with E-state index in [1.165, 1.54) is 4.68 Å². The Morgan fingerprint density at radius 2 is 2.24 bits per heavy atom. The summed E-state index contributed by atoms with van der Waals surface area (Å²) in [6.07, 6.45) is 0.409. The van der Waals surface area contributed by atoms with E-state index in [0.29, 0.717) is 12.2 Å². The van der Waals surface area contributed by atoms with Gasteiger partial charge in [-0.15, -0.1) is 5.10 Å². The molecule has 1 aliphatic rings. The van der Waals surface area contributed by atoms with Crippen molar-refractivity contribution in [1.29, 1.82) is 0 Å². The van der Waals surface area contributed by atoms with Gasteiger partial charge in [0, 0.05) is 6.42 Å². The van der Waals surface area contributed by atoms with Crippen molar-refractivity contribution in [3.05, 3.63) is 35.7 Å². The minimum Gasteiger partial charge on any atom is -0.482 e. The van der Waals surface area contributed by atoms with Crippen LogP contribution in [0.2, 0.25) is 0 Å². The predicted molar refractivity (Wildman–Crippen MR) is 72.7 cm³/mol. The Hall–Kier alpha value is -2.44. The zero-order valence-corrected chi connectivity index (χ0v) is 11.9. The minimum absolute atomic E-state index is 0.195. The van der Waals surface area contributed by atoms with Crippen molar-refractivity contribution in [2.75, 3.05) is 0 Å². The number of tetrazole rings is 1. The topological polar surface area (TPSA) is 90.1 Å². The highest BCUT2D eigenvalue weighted by Gasteiger charge is 2.33. The van der Waals surface area contributed by atoms with Crippen LogP contribution in [0.1, 0.15) is 31.3 Å². The molecule has 0 spiro atoms. The lowest BCUT2D eigenvalue weighted by Crippen LogP contribution is -2.31. The van der Waals surface area contributed by atoms with Crippen molar-refractivity contribution >= 4 is 5.97 Å². The number of hydrogen-bond acceptors (Lipinski definition) is 5. The predicted octanol–water partition coefficient (Wildman–Crippen LogP) is 1.46. The second-order valence-corrected chi connectivity index (χ2v) is 5.80. The van der Waals surface area contributed by atoms with E-state index in [0.717, 1.165) is 11.3 Å². The molecule has 110 valence electrons. The third-order valence-corrected chi connectivity index (χ3v) is 3.62. The highest BCUT2D eigenvalue weighted by Crippen LogP contribution is 2.35. The highest BCUT2D eigenvalue weighted by atomic mass is 16.5. The zero-order chi connectivity index (χ0) is 15.0. The van der Waals surface area contributed by atoms with Gasteiger partial charge in [-0.05, 0) is 35.9 Å². The molecule has 0 bridgehead atoms. The Labute approximate surface area is 121 Å². The molecule has 1 atom stereocenters. The first-order valence-electron chi connectivity index (χ1n) is 6.71. The van der Waals surface area contributed by atoms with Crippen LogP contribution in [0.25, 0.3) is 0 Å². The summed E-state index contributed by atoms with van der Waals surface area (Å²) in [5, 5.41) is 20.8. The molecule has 1 aromatic heterocycles. The number of fused-ring (bicyclic) bond motifs is 1. The van der Waals surface area contributed by atoms with E-state index in [4.69, 9.17) is 4.74 Å². The van der Waals surface area contributed by atoms with Gasteiger partial charge in [-0.2, -0.15) is 0 Å². The Morgan fingerprint density at radius 1 is 1.48 bits per heavy atom. The summed E-state index contributed by atoms with van der Waals surface area (Å²) < 4.78 is 7.37. The standard InChI is InChI=1S/C14H16N4O3/c1-14(2,13(19)20)8-18-12(15-16-17-18)11-7-9-5-3-4-6-10(9)21-11/h3-6,11H,7-8H2,1-2H3,(H,19,20). The van der Waals surface area contributed by atoms with E-state index in [1.807, 2.05) is 24.3 Å². The van der Waals surface area contributed by atoms with Crippen molar-refractivity contribution < 1.29 is 14.6 Å². The lowest BCUT2D eigenvalue weighted by Gasteiger charge is -2.20. The van der Waals surface area contributed by atoms with E-state index >= 15 is 0 Å². The number of benzene rings is 1. The second kappa shape index (κ2) is 4.83. The summed E-state index contributed by atoms with van der Waals surface area (Å²) in [5.41, 5.74) is 0.157. The van der Waals surface area contributed by atoms with E-state index in [-0.39, 0.29) is 12.6 Å². The summed E-state index contributed by atoms with van der Waals surface area (Å²) in [4.78, 5) is 11.2. The molecule has 1 N–H and O–H groups in total. The van der Waals surface area contributed by atoms with Crippen LogP contribution in [0.4, 0.5) is 0 Å². The molecule has 0 radical (unpaired) electrons. The average molecular weight is 288 g/mol. The first kappa shape index (κ1) is 13.5. The minimum atomic E-state index is -0.949. The lowest BCUT2D eigenvalue weighted by molar-refractivity contribution is -0.147. The van der Waals surface area contributed by atoms with Crippen LogP contribution >= 0.6 is 0 Å². The summed E-state index contributed by atoms with van der Waals surface area (Å²) in [7, 11) is 0. The van der Waals surface area contributed by atoms with Gasteiger partial charge in [-0.1, -0.05) is 18.2 Å². The van der Waals surface area contributed by atoms with E-state index in [2.05, 4.69) is 15.5 Å². The number of para-hydroxylation sites is 1. The van der Waals surface area contributed by atoms with E-state index < -0.39 is 11.4 Å². The fourth-order valence-corrected chi connectivity index (χ4v) is 2.32. The number of rotatable bonds is 4.